The average molecular weight is 769 g/mol. The van der Waals surface area contributed by atoms with Crippen molar-refractivity contribution in [3.05, 3.63) is 110 Å². The molecule has 13 nitrogen and oxygen atoms in total. The quantitative estimate of drug-likeness (QED) is 0.137. The van der Waals surface area contributed by atoms with Crippen LogP contribution in [0.4, 0.5) is 5.69 Å². The summed E-state index contributed by atoms with van der Waals surface area (Å²) in [6, 6.07) is 8.00. The number of epoxide rings is 1. The number of ether oxygens (including phenoxy) is 3. The van der Waals surface area contributed by atoms with Gasteiger partial charge in [0.15, 0.2) is 11.5 Å². The first-order valence-electron chi connectivity index (χ1n) is 18.8. The molecule has 2 N–H and O–H groups in total. The highest BCUT2D eigenvalue weighted by atomic mass is 16.6. The number of hydrogen-bond donors (Lipinski definition) is 2. The Balaban J connectivity index is 0.000000177. The number of dihydropyridines is 1. The van der Waals surface area contributed by atoms with Gasteiger partial charge in [0.25, 0.3) is 5.69 Å². The monoisotopic (exact) mass is 768 g/mol. The topological polar surface area (TPSA) is 188 Å². The lowest BCUT2D eigenvalue weighted by Crippen LogP contribution is -2.66. The van der Waals surface area contributed by atoms with Crippen molar-refractivity contribution in [3.63, 3.8) is 0 Å². The van der Waals surface area contributed by atoms with Gasteiger partial charge in [0.05, 0.1) is 65.7 Å². The van der Waals surface area contributed by atoms with Gasteiger partial charge in [-0.1, -0.05) is 38.1 Å². The highest BCUT2D eigenvalue weighted by molar-refractivity contribution is 6.06. The summed E-state index contributed by atoms with van der Waals surface area (Å²) >= 11 is 0. The molecule has 0 bridgehead atoms. The molecule has 0 radical (unpaired) electrons. The first-order chi connectivity index (χ1) is 26.3. The number of para-hydroxylation sites is 1. The van der Waals surface area contributed by atoms with Crippen molar-refractivity contribution >= 4 is 29.2 Å². The molecular weight excluding hydrogens is 720 g/mol. The minimum Gasteiger partial charge on any atom is -0.504 e. The standard InChI is InChI=1S/C26H30O5.C17H18N2O6/c1-22(2)17(27)7-9-23(3)16-6-10-24(4)15(14-8-11-30-13-14)12-18-26(24,31-18)25(16,5)21(29)19(28)20(22)23;1-9-13(16(20)24-3)15(14(10(2)18-9)17(21)25-4)11-7-5-6-8-12(11)19(22)23/h7-9,11,13,15-16,18,28H,6,10,12H2,1-5H3;5-8,15,18H,1-4H3. The number of hydrogen-bond acceptors (Lipinski definition) is 12. The largest absolute Gasteiger partial charge is 0.504 e. The molecule has 3 heterocycles. The third-order valence-corrected chi connectivity index (χ3v) is 14.2. The van der Waals surface area contributed by atoms with Crippen LogP contribution in [0.1, 0.15) is 90.7 Å². The molecule has 56 heavy (non-hydrogen) atoms. The summed E-state index contributed by atoms with van der Waals surface area (Å²) in [4.78, 5) is 62.3. The van der Waals surface area contributed by atoms with Crippen LogP contribution < -0.4 is 5.32 Å². The zero-order chi connectivity index (χ0) is 40.9. The molecule has 1 saturated heterocycles. The van der Waals surface area contributed by atoms with E-state index in [0.717, 1.165) is 19.3 Å². The SMILES string of the molecule is CC1(C)C(=O)C=CC2(C)C1=C(O)C(=O)C1(C)C2CCC2(C)C(c3ccoc3)CC3OC321.COC(=O)C1=C(C)NC(C)=C(C(=O)OC)C1c1ccccc1[N+](=O)[O-]. The molecular formula is C43H48N2O11. The summed E-state index contributed by atoms with van der Waals surface area (Å²) in [5, 5.41) is 25.7. The van der Waals surface area contributed by atoms with Crippen LogP contribution in [0.2, 0.25) is 0 Å². The Morgan fingerprint density at radius 1 is 0.982 bits per heavy atom. The summed E-state index contributed by atoms with van der Waals surface area (Å²) in [6.45, 7) is 13.3. The zero-order valence-electron chi connectivity index (χ0n) is 33.1. The van der Waals surface area contributed by atoms with Crippen molar-refractivity contribution < 1.29 is 47.8 Å². The molecule has 2 saturated carbocycles. The normalized spacial score (nSPS) is 34.0. The van der Waals surface area contributed by atoms with Gasteiger partial charge >= 0.3 is 11.9 Å². The predicted octanol–water partition coefficient (Wildman–Crippen LogP) is 7.07. The summed E-state index contributed by atoms with van der Waals surface area (Å²) in [6.07, 6.45) is 9.76. The van der Waals surface area contributed by atoms with E-state index in [-0.39, 0.29) is 63.1 Å². The van der Waals surface area contributed by atoms with Crippen molar-refractivity contribution in [1.82, 2.24) is 5.32 Å². The number of aliphatic hydroxyl groups is 1. The number of aliphatic hydroxyl groups excluding tert-OH is 1. The second kappa shape index (κ2) is 12.9. The molecule has 6 aliphatic rings. The van der Waals surface area contributed by atoms with E-state index in [2.05, 4.69) is 19.2 Å². The van der Waals surface area contributed by atoms with Crippen molar-refractivity contribution in [2.75, 3.05) is 14.2 Å². The summed E-state index contributed by atoms with van der Waals surface area (Å²) < 4.78 is 21.5. The maximum absolute atomic E-state index is 14.0. The van der Waals surface area contributed by atoms with E-state index in [9.17, 15) is 34.4 Å². The van der Waals surface area contributed by atoms with E-state index in [0.29, 0.717) is 17.0 Å². The highest BCUT2D eigenvalue weighted by Gasteiger charge is 2.87. The number of allylic oxidation sites excluding steroid dienone is 6. The van der Waals surface area contributed by atoms with Gasteiger partial charge in [0.1, 0.15) is 5.60 Å². The molecule has 2 aliphatic heterocycles. The molecule has 4 aliphatic carbocycles. The Morgan fingerprint density at radius 2 is 1.61 bits per heavy atom. The number of fused-ring (bicyclic) bond motifs is 3. The number of benzene rings is 1. The van der Waals surface area contributed by atoms with Gasteiger partial charge in [-0.05, 0) is 89.0 Å². The van der Waals surface area contributed by atoms with Gasteiger partial charge in [0, 0.05) is 33.9 Å². The van der Waals surface area contributed by atoms with Crippen molar-refractivity contribution in [3.8, 4) is 0 Å². The van der Waals surface area contributed by atoms with Crippen LogP contribution in [0.3, 0.4) is 0 Å². The van der Waals surface area contributed by atoms with Gasteiger partial charge in [-0.15, -0.1) is 0 Å². The lowest BCUT2D eigenvalue weighted by Gasteiger charge is -2.62. The predicted molar refractivity (Wildman–Crippen MR) is 202 cm³/mol. The fraction of sp³-hybridized carbons (Fsp3) is 0.488. The Labute approximate surface area is 325 Å². The number of Topliss-reactive ketones (excluding diaryl/α,β-unsaturated/α-hetero) is 1. The molecule has 0 amide bonds. The molecule has 3 fully saturated rings. The second-order valence-electron chi connectivity index (χ2n) is 17.0. The summed E-state index contributed by atoms with van der Waals surface area (Å²) in [5.74, 6) is -2.64. The minimum atomic E-state index is -0.970. The van der Waals surface area contributed by atoms with Crippen molar-refractivity contribution in [2.24, 2.45) is 27.6 Å². The number of nitrogens with zero attached hydrogens (tertiary/aromatic N) is 1. The van der Waals surface area contributed by atoms with Crippen LogP contribution in [0.25, 0.3) is 0 Å². The van der Waals surface area contributed by atoms with Gasteiger partial charge in [-0.3, -0.25) is 19.7 Å². The zero-order valence-corrected chi connectivity index (χ0v) is 33.1. The first kappa shape index (κ1) is 39.0. The Bertz CT molecular complexity index is 2170. The minimum absolute atomic E-state index is 0.00527. The lowest BCUT2D eigenvalue weighted by molar-refractivity contribution is -0.385. The number of furan rings is 1. The second-order valence-corrected chi connectivity index (χ2v) is 17.0. The van der Waals surface area contributed by atoms with Crippen LogP contribution >= 0.6 is 0 Å². The number of nitrogens with one attached hydrogen (secondary N) is 1. The van der Waals surface area contributed by atoms with Crippen molar-refractivity contribution in [1.29, 1.82) is 0 Å². The number of nitro groups is 1. The number of carbonyl (C=O) groups excluding carboxylic acids is 4. The van der Waals surface area contributed by atoms with E-state index in [1.807, 2.05) is 39.2 Å². The molecule has 13 heteroatoms. The van der Waals surface area contributed by atoms with Crippen LogP contribution in [0.15, 0.2) is 93.3 Å². The Hall–Kier alpha value is -5.30. The number of ketones is 2. The molecule has 2 aromatic rings. The van der Waals surface area contributed by atoms with Crippen LogP contribution in [-0.4, -0.2) is 59.5 Å². The molecule has 1 spiro atoms. The molecule has 7 unspecified atom stereocenters. The molecule has 1 aromatic carbocycles. The Morgan fingerprint density at radius 3 is 2.18 bits per heavy atom. The average Bonchev–Trinajstić information content (AvgIpc) is 3.51. The number of esters is 2. The molecule has 7 atom stereocenters. The van der Waals surface area contributed by atoms with Crippen LogP contribution in [0, 0.1) is 37.7 Å². The lowest BCUT2D eigenvalue weighted by atomic mass is 9.39. The molecule has 1 aromatic heterocycles. The summed E-state index contributed by atoms with van der Waals surface area (Å²) in [5.41, 5.74) is -0.208. The third kappa shape index (κ3) is 4.94. The van der Waals surface area contributed by atoms with Gasteiger partial charge in [0.2, 0.25) is 5.78 Å². The van der Waals surface area contributed by atoms with Crippen molar-refractivity contribution in [2.45, 2.75) is 91.3 Å². The third-order valence-electron chi connectivity index (χ3n) is 14.2. The fourth-order valence-electron chi connectivity index (χ4n) is 11.7. The van der Waals surface area contributed by atoms with E-state index in [4.69, 9.17) is 18.6 Å². The molecule has 8 rings (SSSR count). The highest BCUT2D eigenvalue weighted by Crippen LogP contribution is 2.81. The van der Waals surface area contributed by atoms with E-state index in [1.165, 1.54) is 38.0 Å². The maximum Gasteiger partial charge on any atom is 0.336 e. The van der Waals surface area contributed by atoms with Gasteiger partial charge in [-0.25, -0.2) is 9.59 Å². The van der Waals surface area contributed by atoms with Gasteiger partial charge in [-0.2, -0.15) is 0 Å². The van der Waals surface area contributed by atoms with Crippen LogP contribution in [-0.2, 0) is 33.4 Å². The molecule has 296 valence electrons. The fourth-order valence-corrected chi connectivity index (χ4v) is 11.7. The van der Waals surface area contributed by atoms with Gasteiger partial charge < -0.3 is 29.1 Å². The van der Waals surface area contributed by atoms with Crippen LogP contribution in [0.5, 0.6) is 0 Å². The van der Waals surface area contributed by atoms with E-state index < -0.39 is 44.6 Å². The number of methoxy groups -OCH3 is 2. The number of nitro benzene ring substituents is 1. The van der Waals surface area contributed by atoms with E-state index in [1.54, 1.807) is 32.3 Å². The Kier molecular flexibility index (Phi) is 8.95. The smallest absolute Gasteiger partial charge is 0.336 e. The summed E-state index contributed by atoms with van der Waals surface area (Å²) in [7, 11) is 2.42. The first-order valence-corrected chi connectivity index (χ1v) is 18.8. The number of rotatable bonds is 5. The van der Waals surface area contributed by atoms with E-state index >= 15 is 0 Å². The maximum atomic E-state index is 14.0. The number of carbonyl (C=O) groups is 4.